The number of hydrogen-bond donors (Lipinski definition) is 2. The number of phenolic OH excluding ortho intramolecular Hbond substituents is 1. The molecule has 2 rings (SSSR count). The summed E-state index contributed by atoms with van der Waals surface area (Å²) in [6.45, 7) is 0. The molecule has 2 aromatic carbocycles. The summed E-state index contributed by atoms with van der Waals surface area (Å²) < 4.78 is 25.2. The lowest BCUT2D eigenvalue weighted by Crippen LogP contribution is -1.98. The van der Waals surface area contributed by atoms with E-state index in [-0.39, 0.29) is 17.2 Å². The van der Waals surface area contributed by atoms with Crippen molar-refractivity contribution in [3.8, 4) is 5.75 Å². The third kappa shape index (κ3) is 2.87. The average Bonchev–Trinajstić information content (AvgIpc) is 2.35. The molecule has 0 radical (unpaired) electrons. The van der Waals surface area contributed by atoms with Crippen molar-refractivity contribution in [2.45, 2.75) is 10.6 Å². The normalized spacial score (nSPS) is 12.3. The highest BCUT2D eigenvalue weighted by Gasteiger charge is 2.08. The van der Waals surface area contributed by atoms with Gasteiger partial charge in [0.2, 0.25) is 0 Å². The van der Waals surface area contributed by atoms with E-state index in [1.165, 1.54) is 24.3 Å². The zero-order valence-corrected chi connectivity index (χ0v) is 10.3. The quantitative estimate of drug-likeness (QED) is 0.838. The summed E-state index contributed by atoms with van der Waals surface area (Å²) in [5.74, 6) is -0.140. The Kier molecular flexibility index (Phi) is 3.62. The number of nitrogens with two attached hydrogens (primary N) is 1. The Labute approximate surface area is 107 Å². The van der Waals surface area contributed by atoms with Gasteiger partial charge in [0.25, 0.3) is 0 Å². The molecule has 0 aliphatic rings. The second-order valence-electron chi connectivity index (χ2n) is 3.84. The van der Waals surface area contributed by atoms with E-state index in [1.54, 1.807) is 18.2 Å². The molecular formula is C13H12FNO2S. The summed E-state index contributed by atoms with van der Waals surface area (Å²) >= 11 is 0. The molecule has 0 bridgehead atoms. The van der Waals surface area contributed by atoms with Gasteiger partial charge >= 0.3 is 0 Å². The number of anilines is 1. The second-order valence-corrected chi connectivity index (χ2v) is 5.29. The first-order valence-electron chi connectivity index (χ1n) is 5.27. The Morgan fingerprint density at radius 3 is 2.44 bits per heavy atom. The van der Waals surface area contributed by atoms with Crippen molar-refractivity contribution in [2.75, 3.05) is 5.73 Å². The first-order valence-corrected chi connectivity index (χ1v) is 6.59. The van der Waals surface area contributed by atoms with Crippen LogP contribution in [0.5, 0.6) is 5.75 Å². The maximum atomic E-state index is 13.2. The highest BCUT2D eigenvalue weighted by Crippen LogP contribution is 2.18. The van der Waals surface area contributed by atoms with Gasteiger partial charge in [0.15, 0.2) is 0 Å². The minimum atomic E-state index is -1.34. The van der Waals surface area contributed by atoms with Crippen molar-refractivity contribution >= 4 is 16.5 Å². The summed E-state index contributed by atoms with van der Waals surface area (Å²) in [5.41, 5.74) is 6.21. The van der Waals surface area contributed by atoms with Gasteiger partial charge in [-0.05, 0) is 35.9 Å². The molecule has 94 valence electrons. The van der Waals surface area contributed by atoms with E-state index < -0.39 is 16.6 Å². The van der Waals surface area contributed by atoms with Crippen molar-refractivity contribution in [3.63, 3.8) is 0 Å². The summed E-state index contributed by atoms with van der Waals surface area (Å²) in [4.78, 5) is 0.398. The van der Waals surface area contributed by atoms with Crippen LogP contribution in [0.4, 0.5) is 10.1 Å². The predicted octanol–water partition coefficient (Wildman–Crippen LogP) is 2.42. The average molecular weight is 265 g/mol. The van der Waals surface area contributed by atoms with E-state index in [2.05, 4.69) is 0 Å². The summed E-state index contributed by atoms with van der Waals surface area (Å²) in [5, 5.41) is 9.14. The molecule has 0 aliphatic carbocycles. The van der Waals surface area contributed by atoms with Gasteiger partial charge in [-0.3, -0.25) is 4.21 Å². The Bertz CT molecular complexity index is 584. The monoisotopic (exact) mass is 265 g/mol. The zero-order chi connectivity index (χ0) is 13.1. The van der Waals surface area contributed by atoms with Gasteiger partial charge in [-0.2, -0.15) is 0 Å². The highest BCUT2D eigenvalue weighted by atomic mass is 32.2. The van der Waals surface area contributed by atoms with Crippen LogP contribution in [0.15, 0.2) is 47.4 Å². The maximum Gasteiger partial charge on any atom is 0.147 e. The van der Waals surface area contributed by atoms with Gasteiger partial charge in [-0.1, -0.05) is 12.1 Å². The lowest BCUT2D eigenvalue weighted by Gasteiger charge is -2.04. The lowest BCUT2D eigenvalue weighted by molar-refractivity contribution is 0.475. The second kappa shape index (κ2) is 5.18. The molecule has 0 saturated heterocycles. The summed E-state index contributed by atoms with van der Waals surface area (Å²) in [6.07, 6.45) is 0. The number of hydrogen-bond acceptors (Lipinski definition) is 3. The van der Waals surface area contributed by atoms with E-state index in [0.29, 0.717) is 4.90 Å². The molecule has 0 aliphatic heterocycles. The Morgan fingerprint density at radius 2 is 1.83 bits per heavy atom. The van der Waals surface area contributed by atoms with Crippen LogP contribution in [0, 0.1) is 5.82 Å². The first-order chi connectivity index (χ1) is 8.56. The lowest BCUT2D eigenvalue weighted by atomic mass is 10.2. The van der Waals surface area contributed by atoms with Gasteiger partial charge < -0.3 is 10.8 Å². The Balaban J connectivity index is 2.16. The molecule has 1 atom stereocenters. The number of nitrogen functional groups attached to an aromatic ring is 1. The van der Waals surface area contributed by atoms with E-state index >= 15 is 0 Å². The largest absolute Gasteiger partial charge is 0.508 e. The molecule has 1 unspecified atom stereocenters. The van der Waals surface area contributed by atoms with E-state index in [4.69, 9.17) is 10.8 Å². The van der Waals surface area contributed by atoms with Crippen LogP contribution in [-0.2, 0) is 16.6 Å². The van der Waals surface area contributed by atoms with Crippen LogP contribution in [0.25, 0.3) is 0 Å². The third-order valence-electron chi connectivity index (χ3n) is 2.47. The minimum Gasteiger partial charge on any atom is -0.508 e. The number of benzene rings is 2. The van der Waals surface area contributed by atoms with Gasteiger partial charge in [0, 0.05) is 4.90 Å². The van der Waals surface area contributed by atoms with Crippen LogP contribution >= 0.6 is 0 Å². The van der Waals surface area contributed by atoms with E-state index in [0.717, 1.165) is 5.56 Å². The molecule has 2 aromatic rings. The molecule has 5 heteroatoms. The van der Waals surface area contributed by atoms with Gasteiger partial charge in [-0.25, -0.2) is 4.39 Å². The van der Waals surface area contributed by atoms with Crippen molar-refractivity contribution < 1.29 is 13.7 Å². The zero-order valence-electron chi connectivity index (χ0n) is 9.47. The molecule has 0 fully saturated rings. The first kappa shape index (κ1) is 12.6. The topological polar surface area (TPSA) is 63.3 Å². The number of aromatic hydroxyl groups is 1. The van der Waals surface area contributed by atoms with Gasteiger partial charge in [-0.15, -0.1) is 0 Å². The minimum absolute atomic E-state index is 0.0420. The van der Waals surface area contributed by atoms with Crippen LogP contribution in [0.2, 0.25) is 0 Å². The van der Waals surface area contributed by atoms with Crippen molar-refractivity contribution in [3.05, 3.63) is 53.8 Å². The fraction of sp³-hybridized carbons (Fsp3) is 0.0769. The van der Waals surface area contributed by atoms with Crippen molar-refractivity contribution in [1.29, 1.82) is 0 Å². The third-order valence-corrected chi connectivity index (χ3v) is 3.84. The van der Waals surface area contributed by atoms with Crippen molar-refractivity contribution in [1.82, 2.24) is 0 Å². The fourth-order valence-electron chi connectivity index (χ4n) is 1.48. The van der Waals surface area contributed by atoms with Crippen LogP contribution in [0.1, 0.15) is 5.56 Å². The fourth-order valence-corrected chi connectivity index (χ4v) is 2.59. The Morgan fingerprint density at radius 1 is 1.17 bits per heavy atom. The van der Waals surface area contributed by atoms with Gasteiger partial charge in [0.1, 0.15) is 11.6 Å². The molecule has 18 heavy (non-hydrogen) atoms. The van der Waals surface area contributed by atoms with E-state index in [9.17, 15) is 8.60 Å². The smallest absolute Gasteiger partial charge is 0.147 e. The number of halogens is 1. The molecule has 0 spiro atoms. The Hall–Kier alpha value is -1.88. The SMILES string of the molecule is Nc1ccc(S(=O)Cc2ccc(O)cc2)cc1F. The summed E-state index contributed by atoms with van der Waals surface area (Å²) in [7, 11) is -1.34. The molecule has 0 heterocycles. The van der Waals surface area contributed by atoms with Gasteiger partial charge in [0.05, 0.1) is 22.2 Å². The number of phenols is 1. The van der Waals surface area contributed by atoms with Crippen molar-refractivity contribution in [2.24, 2.45) is 0 Å². The van der Waals surface area contributed by atoms with Crippen LogP contribution in [0.3, 0.4) is 0 Å². The molecular weight excluding hydrogens is 253 g/mol. The van der Waals surface area contributed by atoms with E-state index in [1.807, 2.05) is 0 Å². The summed E-state index contributed by atoms with van der Waals surface area (Å²) in [6, 6.07) is 10.5. The van der Waals surface area contributed by atoms with Crippen LogP contribution in [-0.4, -0.2) is 9.32 Å². The molecule has 3 nitrogen and oxygen atoms in total. The highest BCUT2D eigenvalue weighted by molar-refractivity contribution is 7.84. The predicted molar refractivity (Wildman–Crippen MR) is 69.0 cm³/mol. The maximum absolute atomic E-state index is 13.2. The molecule has 0 amide bonds. The number of rotatable bonds is 3. The standard InChI is InChI=1S/C13H12FNO2S/c14-12-7-11(5-6-13(12)15)18(17)8-9-1-3-10(16)4-2-9/h1-7,16H,8,15H2. The molecule has 3 N–H and O–H groups in total. The molecule has 0 saturated carbocycles. The van der Waals surface area contributed by atoms with Crippen LogP contribution < -0.4 is 5.73 Å². The molecule has 0 aromatic heterocycles.